The molecule has 2 aromatic rings. The third-order valence-corrected chi connectivity index (χ3v) is 10.4. The SMILES string of the molecule is C.COc1c(C)c2c(c(O)c1C/C=C(\C)CCC(=O)O)C(=O)OC2.COc1c(C)c2c(c(O)c1C/C=C(\C)CCC(=O)OCP(C)(C)=O)C(=O)OC2.CP(C)(=O)CO. The Morgan fingerprint density at radius 2 is 1.10 bits per heavy atom. The molecule has 0 saturated heterocycles. The lowest BCUT2D eigenvalue weighted by molar-refractivity contribution is -0.141. The number of aliphatic carboxylic acids is 1. The highest BCUT2D eigenvalue weighted by Gasteiger charge is 2.33. The van der Waals surface area contributed by atoms with Crippen LogP contribution in [0.5, 0.6) is 23.0 Å². The van der Waals surface area contributed by atoms with E-state index in [1.54, 1.807) is 26.7 Å². The van der Waals surface area contributed by atoms with Crippen LogP contribution in [0.15, 0.2) is 23.3 Å². The van der Waals surface area contributed by atoms with Gasteiger partial charge in [0.25, 0.3) is 0 Å². The minimum atomic E-state index is -2.39. The molecule has 17 heteroatoms. The van der Waals surface area contributed by atoms with E-state index < -0.39 is 38.2 Å². The molecule has 0 aliphatic carbocycles. The monoisotopic (exact) mass is 854 g/mol. The van der Waals surface area contributed by atoms with Crippen LogP contribution in [0.2, 0.25) is 0 Å². The molecule has 0 unspecified atom stereocenters. The number of carboxylic acids is 1. The first kappa shape index (κ1) is 51.4. The van der Waals surface area contributed by atoms with Crippen LogP contribution in [0, 0.1) is 13.8 Å². The molecule has 0 radical (unpaired) electrons. The molecule has 0 spiro atoms. The highest BCUT2D eigenvalue weighted by Crippen LogP contribution is 2.43. The normalized spacial score (nSPS) is 13.4. The van der Waals surface area contributed by atoms with E-state index in [-0.39, 0.29) is 68.8 Å². The zero-order valence-electron chi connectivity index (χ0n) is 34.4. The number of aliphatic hydroxyl groups is 1. The maximum atomic E-state index is 11.9. The Morgan fingerprint density at radius 3 is 1.43 bits per heavy atom. The van der Waals surface area contributed by atoms with Gasteiger partial charge in [0.2, 0.25) is 0 Å². The number of carbonyl (C=O) groups excluding carboxylic acids is 3. The summed E-state index contributed by atoms with van der Waals surface area (Å²) in [6.07, 6.45) is 5.33. The molecule has 15 nitrogen and oxygen atoms in total. The summed E-state index contributed by atoms with van der Waals surface area (Å²) in [5.41, 5.74) is 6.10. The molecular weight excluding hydrogens is 794 g/mol. The largest absolute Gasteiger partial charge is 0.507 e. The maximum absolute atomic E-state index is 11.9. The Kier molecular flexibility index (Phi) is 20.0. The molecule has 4 rings (SSSR count). The van der Waals surface area contributed by atoms with Gasteiger partial charge >= 0.3 is 23.9 Å². The van der Waals surface area contributed by atoms with Crippen LogP contribution in [-0.2, 0) is 59.0 Å². The summed E-state index contributed by atoms with van der Waals surface area (Å²) < 4.78 is 47.8. The minimum absolute atomic E-state index is 0. The fourth-order valence-electron chi connectivity index (χ4n) is 5.72. The second-order valence-electron chi connectivity index (χ2n) is 14.7. The first-order valence-corrected chi connectivity index (χ1v) is 23.6. The number of carboxylic acid groups (broad SMARTS) is 1. The van der Waals surface area contributed by atoms with E-state index in [9.17, 15) is 38.5 Å². The first-order chi connectivity index (χ1) is 26.5. The molecule has 0 atom stereocenters. The maximum Gasteiger partial charge on any atom is 0.342 e. The Hall–Kier alpha value is -4.58. The van der Waals surface area contributed by atoms with Crippen LogP contribution in [0.3, 0.4) is 0 Å². The van der Waals surface area contributed by atoms with Crippen LogP contribution in [0.1, 0.15) is 101 Å². The van der Waals surface area contributed by atoms with E-state index in [0.717, 1.165) is 22.3 Å². The molecule has 0 amide bonds. The third kappa shape index (κ3) is 14.7. The highest BCUT2D eigenvalue weighted by molar-refractivity contribution is 7.62. The smallest absolute Gasteiger partial charge is 0.342 e. The van der Waals surface area contributed by atoms with Gasteiger partial charge in [-0.25, -0.2) is 9.59 Å². The number of methoxy groups -OCH3 is 2. The van der Waals surface area contributed by atoms with Crippen LogP contribution in [-0.4, -0.2) is 97.9 Å². The fraction of sp³-hybridized carbons (Fsp3) is 0.512. The summed E-state index contributed by atoms with van der Waals surface area (Å²) in [6.45, 7) is 13.9. The molecule has 58 heavy (non-hydrogen) atoms. The van der Waals surface area contributed by atoms with Crippen molar-refractivity contribution >= 4 is 38.2 Å². The number of ether oxygens (including phenoxy) is 5. The summed E-state index contributed by atoms with van der Waals surface area (Å²) in [6, 6.07) is 0. The van der Waals surface area contributed by atoms with E-state index in [1.807, 2.05) is 39.8 Å². The molecular formula is C41H60O15P2. The number of allylic oxidation sites excluding steroid dienone is 4. The van der Waals surface area contributed by atoms with E-state index in [1.165, 1.54) is 14.2 Å². The van der Waals surface area contributed by atoms with Crippen molar-refractivity contribution in [3.8, 4) is 23.0 Å². The first-order valence-electron chi connectivity index (χ1n) is 18.0. The van der Waals surface area contributed by atoms with Gasteiger partial charge in [-0.3, -0.25) is 9.59 Å². The molecule has 2 aliphatic rings. The number of phenolic OH excluding ortho intramolecular Hbond substituents is 2. The second kappa shape index (κ2) is 22.5. The predicted molar refractivity (Wildman–Crippen MR) is 222 cm³/mol. The number of phenols is 2. The van der Waals surface area contributed by atoms with Gasteiger partial charge in [-0.2, -0.15) is 0 Å². The zero-order chi connectivity index (χ0) is 43.4. The Labute approximate surface area is 341 Å². The van der Waals surface area contributed by atoms with Crippen molar-refractivity contribution < 1.29 is 72.4 Å². The standard InChI is InChI=1S/C20H27O7P.C17H20O6.C3H9O2P.CH4/c1-12(7-9-16(21)27-11-28(4,5)24)6-8-14-18(22)17-15(10-26-20(17)23)13(2)19(14)25-3;1-9(5-7-13(18)19)4-6-11-15(20)14-12(8-23-17(14)21)10(2)16(11)22-3;1-6(2,5)3-4;/h6,22H,7-11H2,1-5H3;4,20H,5-8H2,1-3H3,(H,18,19);4H,3H2,1-2H3;1H4/b12-6+;9-4+;;. The van der Waals surface area contributed by atoms with Crippen molar-refractivity contribution in [3.63, 3.8) is 0 Å². The van der Waals surface area contributed by atoms with Crippen molar-refractivity contribution in [3.05, 3.63) is 67.8 Å². The molecule has 0 aromatic heterocycles. The third-order valence-electron chi connectivity index (χ3n) is 8.94. The van der Waals surface area contributed by atoms with Gasteiger partial charge in [-0.05, 0) is 91.2 Å². The van der Waals surface area contributed by atoms with Crippen molar-refractivity contribution in [2.45, 2.75) is 86.9 Å². The minimum Gasteiger partial charge on any atom is -0.507 e. The number of aromatic hydroxyl groups is 2. The quantitative estimate of drug-likeness (QED) is 0.0582. The lowest BCUT2D eigenvalue weighted by Gasteiger charge is -2.15. The van der Waals surface area contributed by atoms with Crippen LogP contribution in [0.25, 0.3) is 0 Å². The summed E-state index contributed by atoms with van der Waals surface area (Å²) in [5.74, 6) is -1.50. The van der Waals surface area contributed by atoms with Gasteiger partial charge in [0, 0.05) is 35.1 Å². The summed E-state index contributed by atoms with van der Waals surface area (Å²) in [7, 11) is -1.45. The molecule has 0 fully saturated rings. The van der Waals surface area contributed by atoms with Gasteiger partial charge in [-0.15, -0.1) is 0 Å². The van der Waals surface area contributed by atoms with Gasteiger partial charge in [0.15, 0.2) is 0 Å². The molecule has 2 heterocycles. The number of cyclic esters (lactones) is 2. The number of aliphatic hydroxyl groups excluding tert-OH is 1. The van der Waals surface area contributed by atoms with Crippen molar-refractivity contribution in [2.75, 3.05) is 53.6 Å². The average molecular weight is 855 g/mol. The van der Waals surface area contributed by atoms with E-state index >= 15 is 0 Å². The Balaban J connectivity index is 0.000000507. The lowest BCUT2D eigenvalue weighted by Crippen LogP contribution is -2.06. The number of esters is 3. The molecule has 0 saturated carbocycles. The van der Waals surface area contributed by atoms with E-state index in [2.05, 4.69) is 0 Å². The summed E-state index contributed by atoms with van der Waals surface area (Å²) in [5, 5.41) is 37.9. The molecule has 2 aliphatic heterocycles. The van der Waals surface area contributed by atoms with Crippen LogP contribution < -0.4 is 9.47 Å². The predicted octanol–water partition coefficient (Wildman–Crippen LogP) is 7.70. The van der Waals surface area contributed by atoms with E-state index in [4.69, 9.17) is 33.9 Å². The molecule has 0 bridgehead atoms. The van der Waals surface area contributed by atoms with Gasteiger partial charge in [-0.1, -0.05) is 30.7 Å². The van der Waals surface area contributed by atoms with Crippen molar-refractivity contribution in [1.29, 1.82) is 0 Å². The van der Waals surface area contributed by atoms with Crippen LogP contribution >= 0.6 is 14.3 Å². The number of rotatable bonds is 15. The second-order valence-corrected chi connectivity index (χ2v) is 21.5. The number of hydrogen-bond donors (Lipinski definition) is 4. The lowest BCUT2D eigenvalue weighted by atomic mass is 9.94. The molecule has 324 valence electrons. The molecule has 2 aromatic carbocycles. The van der Waals surface area contributed by atoms with Gasteiger partial charge in [0.1, 0.15) is 68.0 Å². The van der Waals surface area contributed by atoms with E-state index in [0.29, 0.717) is 59.4 Å². The number of benzene rings is 2. The Morgan fingerprint density at radius 1 is 0.724 bits per heavy atom. The van der Waals surface area contributed by atoms with Gasteiger partial charge < -0.3 is 53.2 Å². The zero-order valence-corrected chi connectivity index (χ0v) is 36.2. The van der Waals surface area contributed by atoms with Crippen molar-refractivity contribution in [1.82, 2.24) is 0 Å². The van der Waals surface area contributed by atoms with Crippen molar-refractivity contribution in [2.24, 2.45) is 0 Å². The fourth-order valence-corrected chi connectivity index (χ4v) is 6.17. The number of hydrogen-bond acceptors (Lipinski definition) is 14. The topological polar surface area (TPSA) is 229 Å². The average Bonchev–Trinajstić information content (AvgIpc) is 3.73. The highest BCUT2D eigenvalue weighted by atomic mass is 31.2. The number of fused-ring (bicyclic) bond motifs is 2. The Bertz CT molecular complexity index is 2000. The summed E-state index contributed by atoms with van der Waals surface area (Å²) in [4.78, 5) is 46.1. The van der Waals surface area contributed by atoms with Gasteiger partial charge in [0.05, 0.1) is 20.6 Å². The summed E-state index contributed by atoms with van der Waals surface area (Å²) >= 11 is 0. The van der Waals surface area contributed by atoms with Crippen LogP contribution in [0.4, 0.5) is 0 Å². The molecule has 4 N–H and O–H groups in total. The number of carbonyl (C=O) groups is 4.